The first-order chi connectivity index (χ1) is 9.06. The summed E-state index contributed by atoms with van der Waals surface area (Å²) in [5.74, 6) is -0.499. The Morgan fingerprint density at radius 2 is 1.95 bits per heavy atom. The van der Waals surface area contributed by atoms with Crippen molar-refractivity contribution in [1.29, 1.82) is 0 Å². The summed E-state index contributed by atoms with van der Waals surface area (Å²) in [4.78, 5) is 11.9. The van der Waals surface area contributed by atoms with E-state index in [0.29, 0.717) is 5.69 Å². The van der Waals surface area contributed by atoms with E-state index in [9.17, 15) is 13.2 Å². The number of rotatable bonds is 5. The highest BCUT2D eigenvalue weighted by Crippen LogP contribution is 2.13. The second kappa shape index (κ2) is 5.90. The van der Waals surface area contributed by atoms with Gasteiger partial charge < -0.3 is 4.74 Å². The average Bonchev–Trinajstić information content (AvgIpc) is 2.66. The van der Waals surface area contributed by atoms with Gasteiger partial charge in [-0.15, -0.1) is 5.10 Å². The predicted octanol–water partition coefficient (Wildman–Crippen LogP) is 0.977. The molecule has 0 saturated carbocycles. The van der Waals surface area contributed by atoms with Crippen LogP contribution >= 0.6 is 0 Å². The van der Waals surface area contributed by atoms with Crippen LogP contribution in [0.3, 0.4) is 0 Å². The number of hydrogen-bond acceptors (Lipinski definition) is 6. The van der Waals surface area contributed by atoms with E-state index in [-0.39, 0.29) is 23.7 Å². The van der Waals surface area contributed by atoms with E-state index in [1.807, 2.05) is 0 Å². The van der Waals surface area contributed by atoms with E-state index in [0.717, 1.165) is 0 Å². The van der Waals surface area contributed by atoms with Gasteiger partial charge in [-0.1, -0.05) is 12.1 Å². The average molecular weight is 303 g/mol. The molecule has 1 aromatic rings. The van der Waals surface area contributed by atoms with Gasteiger partial charge in [0, 0.05) is 5.75 Å². The third-order valence-corrected chi connectivity index (χ3v) is 4.31. The number of hydrogen-bond donors (Lipinski definition) is 0. The smallest absolute Gasteiger partial charge is 0.361 e. The summed E-state index contributed by atoms with van der Waals surface area (Å²) < 4.78 is 29.5. The number of aryl methyl sites for hydroxylation is 1. The van der Waals surface area contributed by atoms with Crippen molar-refractivity contribution in [1.82, 2.24) is 15.0 Å². The monoisotopic (exact) mass is 303 g/mol. The molecule has 0 N–H and O–H groups in total. The maximum Gasteiger partial charge on any atom is 0.361 e. The summed E-state index contributed by atoms with van der Waals surface area (Å²) in [7, 11) is -3.08. The van der Waals surface area contributed by atoms with Gasteiger partial charge in [-0.2, -0.15) is 0 Å². The lowest BCUT2D eigenvalue weighted by molar-refractivity contribution is 0.00618. The molecule has 7 nitrogen and oxygen atoms in total. The minimum absolute atomic E-state index is 0.0263. The number of nitrogens with zero attached hydrogens (tertiary/aromatic N) is 3. The first kappa shape index (κ1) is 16.6. The first-order valence-electron chi connectivity index (χ1n) is 6.39. The van der Waals surface area contributed by atoms with Gasteiger partial charge in [0.25, 0.3) is 0 Å². The fourth-order valence-corrected chi connectivity index (χ4v) is 2.20. The topological polar surface area (TPSA) is 91.1 Å². The Morgan fingerprint density at radius 3 is 2.45 bits per heavy atom. The van der Waals surface area contributed by atoms with Gasteiger partial charge >= 0.3 is 5.97 Å². The molecule has 0 unspecified atom stereocenters. The Labute approximate surface area is 119 Å². The number of aromatic nitrogens is 3. The van der Waals surface area contributed by atoms with Crippen LogP contribution in [0.25, 0.3) is 0 Å². The molecule has 0 aliphatic heterocycles. The summed E-state index contributed by atoms with van der Waals surface area (Å²) >= 11 is 0. The lowest BCUT2D eigenvalue weighted by atomic mass is 10.2. The Hall–Kier alpha value is -1.44. The lowest BCUT2D eigenvalue weighted by Gasteiger charge is -2.18. The maximum atomic E-state index is 11.9. The zero-order chi connectivity index (χ0) is 15.6. The van der Waals surface area contributed by atoms with Gasteiger partial charge in [0.2, 0.25) is 0 Å². The van der Waals surface area contributed by atoms with Crippen molar-refractivity contribution in [2.24, 2.45) is 0 Å². The zero-order valence-corrected chi connectivity index (χ0v) is 13.3. The van der Waals surface area contributed by atoms with Gasteiger partial charge in [-0.25, -0.2) is 17.9 Å². The number of esters is 1. The van der Waals surface area contributed by atoms with Gasteiger partial charge in [0.1, 0.15) is 5.60 Å². The zero-order valence-electron chi connectivity index (χ0n) is 12.5. The van der Waals surface area contributed by atoms with Crippen LogP contribution < -0.4 is 0 Å². The highest BCUT2D eigenvalue weighted by molar-refractivity contribution is 7.91. The highest BCUT2D eigenvalue weighted by atomic mass is 32.2. The molecule has 0 fully saturated rings. The Kier molecular flexibility index (Phi) is 4.90. The second-order valence-electron chi connectivity index (χ2n) is 5.48. The quantitative estimate of drug-likeness (QED) is 0.753. The molecule has 0 spiro atoms. The third kappa shape index (κ3) is 4.59. The molecule has 1 rings (SSSR count). The SMILES string of the molecule is CCS(=O)(=O)CCn1nnc(C(=O)OC(C)(C)C)c1C. The molecule has 20 heavy (non-hydrogen) atoms. The van der Waals surface area contributed by atoms with Gasteiger partial charge in [0.05, 0.1) is 18.0 Å². The number of ether oxygens (including phenoxy) is 1. The fourth-order valence-electron chi connectivity index (χ4n) is 1.46. The summed E-state index contributed by atoms with van der Waals surface area (Å²) in [5, 5.41) is 7.58. The molecule has 1 aromatic heterocycles. The molecule has 0 aliphatic rings. The molecule has 0 atom stereocenters. The van der Waals surface area contributed by atoms with Gasteiger partial charge in [-0.3, -0.25) is 0 Å². The molecule has 1 heterocycles. The summed E-state index contributed by atoms with van der Waals surface area (Å²) in [6.07, 6.45) is 0. The van der Waals surface area contributed by atoms with E-state index < -0.39 is 21.4 Å². The predicted molar refractivity (Wildman–Crippen MR) is 74.3 cm³/mol. The maximum absolute atomic E-state index is 11.9. The standard InChI is InChI=1S/C12H21N3O4S/c1-6-20(17,18)8-7-15-9(2)10(13-14-15)11(16)19-12(3,4)5/h6-8H2,1-5H3. The molecule has 0 radical (unpaired) electrons. The van der Waals surface area contributed by atoms with Crippen LogP contribution in [-0.2, 0) is 21.1 Å². The Bertz CT molecular complexity index is 584. The van der Waals surface area contributed by atoms with Crippen LogP contribution in [0.4, 0.5) is 0 Å². The number of carbonyl (C=O) groups excluding carboxylic acids is 1. The molecule has 0 bridgehead atoms. The minimum Gasteiger partial charge on any atom is -0.455 e. The van der Waals surface area contributed by atoms with E-state index >= 15 is 0 Å². The minimum atomic E-state index is -3.08. The molecular weight excluding hydrogens is 282 g/mol. The largest absolute Gasteiger partial charge is 0.455 e. The van der Waals surface area contributed by atoms with Crippen LogP contribution in [0.5, 0.6) is 0 Å². The van der Waals surface area contributed by atoms with E-state index in [1.54, 1.807) is 34.6 Å². The number of carbonyl (C=O) groups is 1. The van der Waals surface area contributed by atoms with Crippen molar-refractivity contribution >= 4 is 15.8 Å². The van der Waals surface area contributed by atoms with Crippen LogP contribution in [0.15, 0.2) is 0 Å². The van der Waals surface area contributed by atoms with Crippen LogP contribution in [0.1, 0.15) is 43.9 Å². The Balaban J connectivity index is 2.82. The molecule has 0 amide bonds. The van der Waals surface area contributed by atoms with Crippen molar-refractivity contribution in [2.45, 2.75) is 46.8 Å². The van der Waals surface area contributed by atoms with Crippen molar-refractivity contribution in [3.8, 4) is 0 Å². The summed E-state index contributed by atoms with van der Waals surface area (Å²) in [6, 6.07) is 0. The van der Waals surface area contributed by atoms with E-state index in [1.165, 1.54) is 4.68 Å². The molecule has 0 aliphatic carbocycles. The fraction of sp³-hybridized carbons (Fsp3) is 0.750. The van der Waals surface area contributed by atoms with Crippen LogP contribution in [-0.4, -0.2) is 46.5 Å². The summed E-state index contributed by atoms with van der Waals surface area (Å²) in [5.41, 5.74) is 0.0122. The normalized spacial score (nSPS) is 12.4. The van der Waals surface area contributed by atoms with Crippen LogP contribution in [0, 0.1) is 6.92 Å². The van der Waals surface area contributed by atoms with Crippen molar-refractivity contribution in [3.05, 3.63) is 11.4 Å². The summed E-state index contributed by atoms with van der Waals surface area (Å²) in [6.45, 7) is 8.72. The molecular formula is C12H21N3O4S. The van der Waals surface area contributed by atoms with Crippen molar-refractivity contribution in [3.63, 3.8) is 0 Å². The lowest BCUT2D eigenvalue weighted by Crippen LogP contribution is -2.24. The second-order valence-corrected chi connectivity index (χ2v) is 7.96. The molecule has 114 valence electrons. The van der Waals surface area contributed by atoms with E-state index in [2.05, 4.69) is 10.3 Å². The van der Waals surface area contributed by atoms with Crippen LogP contribution in [0.2, 0.25) is 0 Å². The van der Waals surface area contributed by atoms with Crippen molar-refractivity contribution in [2.75, 3.05) is 11.5 Å². The molecule has 0 saturated heterocycles. The first-order valence-corrected chi connectivity index (χ1v) is 8.21. The molecule has 0 aromatic carbocycles. The van der Waals surface area contributed by atoms with Gasteiger partial charge in [0.15, 0.2) is 15.5 Å². The van der Waals surface area contributed by atoms with E-state index in [4.69, 9.17) is 4.74 Å². The number of sulfone groups is 1. The highest BCUT2D eigenvalue weighted by Gasteiger charge is 2.23. The molecule has 8 heteroatoms. The van der Waals surface area contributed by atoms with Gasteiger partial charge in [-0.05, 0) is 27.7 Å². The third-order valence-electron chi connectivity index (χ3n) is 2.63. The van der Waals surface area contributed by atoms with Crippen molar-refractivity contribution < 1.29 is 17.9 Å². The Morgan fingerprint density at radius 1 is 1.35 bits per heavy atom.